The van der Waals surface area contributed by atoms with Gasteiger partial charge < -0.3 is 24.1 Å². The minimum absolute atomic E-state index is 0.304. The van der Waals surface area contributed by atoms with Crippen LogP contribution in [0.4, 0.5) is 4.79 Å². The zero-order valence-electron chi connectivity index (χ0n) is 14.3. The average Bonchev–Trinajstić information content (AvgIpc) is 2.68. The van der Waals surface area contributed by atoms with E-state index in [1.165, 1.54) is 11.9 Å². The van der Waals surface area contributed by atoms with Crippen molar-refractivity contribution >= 4 is 18.7 Å². The van der Waals surface area contributed by atoms with Crippen LogP contribution in [0.3, 0.4) is 0 Å². The first-order valence-corrected chi connectivity index (χ1v) is 7.65. The van der Waals surface area contributed by atoms with Gasteiger partial charge in [-0.3, -0.25) is 0 Å². The van der Waals surface area contributed by atoms with Crippen molar-refractivity contribution in [1.29, 1.82) is 0 Å². The van der Waals surface area contributed by atoms with Crippen LogP contribution in [0.5, 0.6) is 5.75 Å². The molecular weight excluding hydrogens is 297 g/mol. The van der Waals surface area contributed by atoms with E-state index in [9.17, 15) is 4.79 Å². The number of likely N-dealkylation sites (N-methyl/N-ethyl adjacent to an activating group) is 1. The van der Waals surface area contributed by atoms with Crippen LogP contribution in [0.25, 0.3) is 0 Å². The fourth-order valence-electron chi connectivity index (χ4n) is 2.10. The van der Waals surface area contributed by atoms with Gasteiger partial charge in [0.05, 0.1) is 17.7 Å². The molecule has 7 heteroatoms. The van der Waals surface area contributed by atoms with Crippen molar-refractivity contribution in [3.05, 3.63) is 24.3 Å². The van der Waals surface area contributed by atoms with Crippen molar-refractivity contribution < 1.29 is 23.9 Å². The third kappa shape index (κ3) is 3.97. The minimum Gasteiger partial charge on any atom is -0.492 e. The number of amides is 1. The van der Waals surface area contributed by atoms with Crippen LogP contribution >= 0.6 is 0 Å². The Morgan fingerprint density at radius 1 is 1.17 bits per heavy atom. The maximum Gasteiger partial charge on any atom is 0.494 e. The molecule has 1 fully saturated rings. The molecule has 0 aliphatic carbocycles. The summed E-state index contributed by atoms with van der Waals surface area (Å²) in [6.07, 6.45) is -0.968. The first-order chi connectivity index (χ1) is 10.6. The normalized spacial score (nSPS) is 18.7. The predicted octanol–water partition coefficient (Wildman–Crippen LogP) is 1.97. The van der Waals surface area contributed by atoms with Gasteiger partial charge in [-0.05, 0) is 45.3 Å². The second kappa shape index (κ2) is 6.41. The monoisotopic (exact) mass is 321 g/mol. The van der Waals surface area contributed by atoms with E-state index in [0.29, 0.717) is 18.9 Å². The van der Waals surface area contributed by atoms with Crippen molar-refractivity contribution in [3.63, 3.8) is 0 Å². The number of carboxylic acid groups (broad SMARTS) is 1. The van der Waals surface area contributed by atoms with E-state index in [4.69, 9.17) is 19.2 Å². The largest absolute Gasteiger partial charge is 0.494 e. The van der Waals surface area contributed by atoms with Crippen LogP contribution in [0.1, 0.15) is 27.7 Å². The second-order valence-electron chi connectivity index (χ2n) is 6.71. The van der Waals surface area contributed by atoms with Crippen molar-refractivity contribution in [1.82, 2.24) is 4.90 Å². The highest BCUT2D eigenvalue weighted by Gasteiger charge is 2.51. The molecule has 0 bridgehead atoms. The van der Waals surface area contributed by atoms with Gasteiger partial charge in [0.15, 0.2) is 0 Å². The number of rotatable bonds is 5. The van der Waals surface area contributed by atoms with Gasteiger partial charge in [0.1, 0.15) is 12.4 Å². The van der Waals surface area contributed by atoms with Crippen molar-refractivity contribution in [2.24, 2.45) is 0 Å². The van der Waals surface area contributed by atoms with Gasteiger partial charge in [-0.1, -0.05) is 12.1 Å². The highest BCUT2D eigenvalue weighted by Crippen LogP contribution is 2.36. The SMILES string of the molecule is CN(CCOc1ccc(B2OC(C)(C)C(C)(C)O2)cc1)C(=O)O. The summed E-state index contributed by atoms with van der Waals surface area (Å²) in [4.78, 5) is 11.9. The molecule has 6 nitrogen and oxygen atoms in total. The zero-order chi connectivity index (χ0) is 17.3. The lowest BCUT2D eigenvalue weighted by atomic mass is 9.79. The van der Waals surface area contributed by atoms with Gasteiger partial charge >= 0.3 is 13.2 Å². The molecule has 1 aliphatic rings. The number of carbonyl (C=O) groups is 1. The molecular formula is C16H24BNO5. The fourth-order valence-corrected chi connectivity index (χ4v) is 2.10. The Labute approximate surface area is 137 Å². The third-order valence-corrected chi connectivity index (χ3v) is 4.43. The summed E-state index contributed by atoms with van der Waals surface area (Å²) >= 11 is 0. The summed E-state index contributed by atoms with van der Waals surface area (Å²) < 4.78 is 17.5. The fraction of sp³-hybridized carbons (Fsp3) is 0.562. The van der Waals surface area contributed by atoms with E-state index in [0.717, 1.165) is 5.46 Å². The van der Waals surface area contributed by atoms with Crippen molar-refractivity contribution in [2.75, 3.05) is 20.2 Å². The number of benzene rings is 1. The van der Waals surface area contributed by atoms with E-state index in [-0.39, 0.29) is 11.2 Å². The summed E-state index contributed by atoms with van der Waals surface area (Å²) in [5, 5.41) is 8.76. The van der Waals surface area contributed by atoms with Crippen LogP contribution in [0, 0.1) is 0 Å². The van der Waals surface area contributed by atoms with Crippen molar-refractivity contribution in [2.45, 2.75) is 38.9 Å². The first kappa shape index (κ1) is 17.6. The number of hydrogen-bond acceptors (Lipinski definition) is 4. The second-order valence-corrected chi connectivity index (χ2v) is 6.71. The van der Waals surface area contributed by atoms with E-state index in [1.54, 1.807) is 0 Å². The van der Waals surface area contributed by atoms with Crippen LogP contribution < -0.4 is 10.2 Å². The molecule has 23 heavy (non-hydrogen) atoms. The molecule has 1 heterocycles. The first-order valence-electron chi connectivity index (χ1n) is 7.65. The molecule has 0 radical (unpaired) electrons. The summed E-state index contributed by atoms with van der Waals surface area (Å²) in [6.45, 7) is 8.69. The lowest BCUT2D eigenvalue weighted by molar-refractivity contribution is 0.00578. The number of hydrogen-bond donors (Lipinski definition) is 1. The molecule has 1 N–H and O–H groups in total. The van der Waals surface area contributed by atoms with E-state index < -0.39 is 13.2 Å². The molecule has 1 saturated heterocycles. The summed E-state index contributed by atoms with van der Waals surface area (Å²) in [6, 6.07) is 7.47. The Balaban J connectivity index is 1.92. The Kier molecular flexibility index (Phi) is 4.91. The summed E-state index contributed by atoms with van der Waals surface area (Å²) in [7, 11) is 1.11. The Hall–Kier alpha value is -1.73. The maximum atomic E-state index is 10.7. The Morgan fingerprint density at radius 3 is 2.17 bits per heavy atom. The van der Waals surface area contributed by atoms with E-state index in [2.05, 4.69) is 0 Å². The predicted molar refractivity (Wildman–Crippen MR) is 88.3 cm³/mol. The maximum absolute atomic E-state index is 10.7. The molecule has 0 spiro atoms. The van der Waals surface area contributed by atoms with Gasteiger partial charge in [-0.2, -0.15) is 0 Å². The molecule has 126 valence electrons. The standard InChI is InChI=1S/C16H24BNO5/c1-15(2)16(3,4)23-17(22-15)12-6-8-13(9-7-12)21-11-10-18(5)14(19)20/h6-9H,10-11H2,1-5H3,(H,19,20). The highest BCUT2D eigenvalue weighted by molar-refractivity contribution is 6.62. The molecule has 2 rings (SSSR count). The molecule has 0 unspecified atom stereocenters. The van der Waals surface area contributed by atoms with Gasteiger partial charge in [0.25, 0.3) is 0 Å². The van der Waals surface area contributed by atoms with Gasteiger partial charge in [-0.15, -0.1) is 0 Å². The van der Waals surface area contributed by atoms with Crippen LogP contribution in [0.2, 0.25) is 0 Å². The third-order valence-electron chi connectivity index (χ3n) is 4.43. The lowest BCUT2D eigenvalue weighted by Crippen LogP contribution is -2.41. The molecule has 1 aliphatic heterocycles. The Bertz CT molecular complexity index is 542. The summed E-state index contributed by atoms with van der Waals surface area (Å²) in [5.41, 5.74) is 0.196. The molecule has 1 aromatic rings. The van der Waals surface area contributed by atoms with Crippen LogP contribution in [0.15, 0.2) is 24.3 Å². The molecule has 0 aromatic heterocycles. The quantitative estimate of drug-likeness (QED) is 0.840. The zero-order valence-corrected chi connectivity index (χ0v) is 14.3. The lowest BCUT2D eigenvalue weighted by Gasteiger charge is -2.32. The number of ether oxygens (including phenoxy) is 1. The number of nitrogens with zero attached hydrogens (tertiary/aromatic N) is 1. The highest BCUT2D eigenvalue weighted by atomic mass is 16.7. The molecule has 1 aromatic carbocycles. The van der Waals surface area contributed by atoms with E-state index in [1.807, 2.05) is 52.0 Å². The van der Waals surface area contributed by atoms with Gasteiger partial charge in [0, 0.05) is 7.05 Å². The van der Waals surface area contributed by atoms with Gasteiger partial charge in [-0.25, -0.2) is 4.79 Å². The topological polar surface area (TPSA) is 68.2 Å². The van der Waals surface area contributed by atoms with Crippen LogP contribution in [-0.4, -0.2) is 54.6 Å². The van der Waals surface area contributed by atoms with Crippen LogP contribution in [-0.2, 0) is 9.31 Å². The average molecular weight is 321 g/mol. The molecule has 1 amide bonds. The summed E-state index contributed by atoms with van der Waals surface area (Å²) in [5.74, 6) is 0.684. The van der Waals surface area contributed by atoms with Crippen molar-refractivity contribution in [3.8, 4) is 5.75 Å². The molecule has 0 atom stereocenters. The van der Waals surface area contributed by atoms with Gasteiger partial charge in [0.2, 0.25) is 0 Å². The smallest absolute Gasteiger partial charge is 0.492 e. The Morgan fingerprint density at radius 2 is 1.70 bits per heavy atom. The molecule has 0 saturated carbocycles. The minimum atomic E-state index is -0.968. The van der Waals surface area contributed by atoms with E-state index >= 15 is 0 Å².